The highest BCUT2D eigenvalue weighted by molar-refractivity contribution is 7.99. The molecule has 4 aromatic rings. The van der Waals surface area contributed by atoms with E-state index in [1.54, 1.807) is 30.3 Å². The van der Waals surface area contributed by atoms with Gasteiger partial charge in [-0.25, -0.2) is 4.98 Å². The second-order valence-corrected chi connectivity index (χ2v) is 10.5. The van der Waals surface area contributed by atoms with Crippen LogP contribution >= 0.6 is 23.4 Å². The van der Waals surface area contributed by atoms with Gasteiger partial charge in [0.15, 0.2) is 17.7 Å². The number of halogens is 1. The van der Waals surface area contributed by atoms with Crippen LogP contribution in [0, 0.1) is 0 Å². The molecule has 10 nitrogen and oxygen atoms in total. The monoisotopic (exact) mass is 549 g/mol. The number of carbonyl (C=O) groups is 1. The van der Waals surface area contributed by atoms with E-state index in [0.717, 1.165) is 29.6 Å². The highest BCUT2D eigenvalue weighted by Crippen LogP contribution is 2.39. The van der Waals surface area contributed by atoms with Crippen molar-refractivity contribution in [1.29, 1.82) is 0 Å². The number of benzene rings is 1. The zero-order valence-corrected chi connectivity index (χ0v) is 21.7. The zero-order chi connectivity index (χ0) is 26.2. The van der Waals surface area contributed by atoms with Gasteiger partial charge in [0.2, 0.25) is 5.88 Å². The molecule has 0 bridgehead atoms. The molecule has 1 atom stereocenters. The first kappa shape index (κ1) is 24.5. The van der Waals surface area contributed by atoms with Crippen LogP contribution in [0.25, 0.3) is 5.65 Å². The number of amides is 1. The minimum Gasteiger partial charge on any atom is -0.493 e. The van der Waals surface area contributed by atoms with Gasteiger partial charge >= 0.3 is 0 Å². The number of fused-ring (bicyclic) bond motifs is 2. The Morgan fingerprint density at radius 1 is 1.05 bits per heavy atom. The number of rotatable bonds is 5. The van der Waals surface area contributed by atoms with E-state index in [1.165, 1.54) is 41.6 Å². The molecule has 0 radical (unpaired) electrons. The first-order chi connectivity index (χ1) is 18.5. The molecule has 3 aromatic heterocycles. The van der Waals surface area contributed by atoms with E-state index < -0.39 is 22.9 Å². The normalized spacial score (nSPS) is 17.0. The lowest BCUT2D eigenvalue weighted by molar-refractivity contribution is 0.102. The number of aromatic hydroxyl groups is 1. The van der Waals surface area contributed by atoms with Crippen molar-refractivity contribution in [2.24, 2.45) is 0 Å². The Morgan fingerprint density at radius 2 is 1.89 bits per heavy atom. The van der Waals surface area contributed by atoms with Crippen LogP contribution in [-0.2, 0) is 0 Å². The molecule has 194 valence electrons. The second kappa shape index (κ2) is 10.2. The zero-order valence-electron chi connectivity index (χ0n) is 20.1. The van der Waals surface area contributed by atoms with Crippen molar-refractivity contribution in [2.75, 3.05) is 29.0 Å². The Hall–Kier alpha value is -3.80. The molecular weight excluding hydrogens is 526 g/mol. The number of likely N-dealkylation sites (tertiary alicyclic amines) is 1. The molecule has 1 amide bonds. The molecule has 0 aliphatic carbocycles. The van der Waals surface area contributed by atoms with Gasteiger partial charge in [-0.1, -0.05) is 41.9 Å². The molecule has 6 rings (SSSR count). The summed E-state index contributed by atoms with van der Waals surface area (Å²) in [5, 5.41) is 20.9. The van der Waals surface area contributed by atoms with Gasteiger partial charge in [-0.2, -0.15) is 4.98 Å². The molecule has 1 aromatic carbocycles. The summed E-state index contributed by atoms with van der Waals surface area (Å²) in [6.45, 7) is 2.10. The highest BCUT2D eigenvalue weighted by Gasteiger charge is 2.28. The SMILES string of the molecule is O=C(Nc1cccc(Sc2ccc3c(n2)NC(N2CCCCC2)N3)c1Cl)c1c(O)nc2ccccn2c1=O. The van der Waals surface area contributed by atoms with E-state index >= 15 is 0 Å². The van der Waals surface area contributed by atoms with Gasteiger partial charge < -0.3 is 21.1 Å². The second-order valence-electron chi connectivity index (χ2n) is 9.05. The van der Waals surface area contributed by atoms with Crippen molar-refractivity contribution < 1.29 is 9.90 Å². The summed E-state index contributed by atoms with van der Waals surface area (Å²) < 4.78 is 1.20. The number of anilines is 3. The van der Waals surface area contributed by atoms with E-state index in [4.69, 9.17) is 16.6 Å². The standard InChI is InChI=1S/C26H24ClN7O3S/c27-21-15(28-23(35)20-24(36)30-18-9-2-5-14-34(18)25(20)37)7-6-8-17(21)38-19-11-10-16-22(31-19)32-26(29-16)33-12-3-1-4-13-33/h2,5-11,14,26,29,36H,1,3-4,12-13H2,(H,28,35)(H,31,32). The van der Waals surface area contributed by atoms with Gasteiger partial charge in [-0.05, 0) is 49.2 Å². The fourth-order valence-corrected chi connectivity index (χ4v) is 5.79. The Bertz CT molecular complexity index is 1610. The highest BCUT2D eigenvalue weighted by atomic mass is 35.5. The van der Waals surface area contributed by atoms with Crippen LogP contribution in [0.15, 0.2) is 69.4 Å². The molecule has 1 fully saturated rings. The summed E-state index contributed by atoms with van der Waals surface area (Å²) >= 11 is 8.01. The smallest absolute Gasteiger partial charge is 0.274 e. The number of nitrogens with one attached hydrogen (secondary N) is 3. The lowest BCUT2D eigenvalue weighted by Gasteiger charge is -2.32. The quantitative estimate of drug-likeness (QED) is 0.285. The average molecular weight is 550 g/mol. The van der Waals surface area contributed by atoms with Crippen molar-refractivity contribution in [3.05, 3.63) is 75.7 Å². The Morgan fingerprint density at radius 3 is 2.74 bits per heavy atom. The van der Waals surface area contributed by atoms with Gasteiger partial charge in [0.05, 0.1) is 16.4 Å². The molecule has 1 saturated heterocycles. The average Bonchev–Trinajstić information content (AvgIpc) is 3.35. The summed E-state index contributed by atoms with van der Waals surface area (Å²) in [6, 6.07) is 14.0. The van der Waals surface area contributed by atoms with Crippen molar-refractivity contribution >= 4 is 52.1 Å². The van der Waals surface area contributed by atoms with E-state index in [2.05, 4.69) is 25.8 Å². The van der Waals surface area contributed by atoms with Gasteiger partial charge in [0.1, 0.15) is 10.7 Å². The lowest BCUT2D eigenvalue weighted by atomic mass is 10.1. The summed E-state index contributed by atoms with van der Waals surface area (Å²) in [4.78, 5) is 37.6. The Balaban J connectivity index is 1.20. The van der Waals surface area contributed by atoms with E-state index in [0.29, 0.717) is 15.6 Å². The number of nitrogens with zero attached hydrogens (tertiary/aromatic N) is 4. The molecule has 4 N–H and O–H groups in total. The largest absolute Gasteiger partial charge is 0.493 e. The predicted molar refractivity (Wildman–Crippen MR) is 147 cm³/mol. The summed E-state index contributed by atoms with van der Waals surface area (Å²) in [6.07, 6.45) is 5.18. The van der Waals surface area contributed by atoms with Gasteiger partial charge in [0.25, 0.3) is 11.5 Å². The number of pyridine rings is 2. The lowest BCUT2D eigenvalue weighted by Crippen LogP contribution is -2.46. The third-order valence-corrected chi connectivity index (χ3v) is 8.08. The number of hydrogen-bond acceptors (Lipinski definition) is 9. The summed E-state index contributed by atoms with van der Waals surface area (Å²) in [7, 11) is 0. The molecule has 1 unspecified atom stereocenters. The summed E-state index contributed by atoms with van der Waals surface area (Å²) in [5.74, 6) is -0.672. The summed E-state index contributed by atoms with van der Waals surface area (Å²) in [5.41, 5.74) is 0.331. The van der Waals surface area contributed by atoms with E-state index in [9.17, 15) is 14.7 Å². The minimum absolute atomic E-state index is 0.0326. The van der Waals surface area contributed by atoms with Gasteiger partial charge in [0, 0.05) is 24.2 Å². The van der Waals surface area contributed by atoms with Crippen LogP contribution in [0.2, 0.25) is 5.02 Å². The van der Waals surface area contributed by atoms with Crippen LogP contribution < -0.4 is 21.5 Å². The Kier molecular flexibility index (Phi) is 6.56. The van der Waals surface area contributed by atoms with E-state index in [-0.39, 0.29) is 11.9 Å². The van der Waals surface area contributed by atoms with Crippen LogP contribution in [0.3, 0.4) is 0 Å². The number of piperidine rings is 1. The van der Waals surface area contributed by atoms with Crippen molar-refractivity contribution in [3.8, 4) is 5.88 Å². The third-order valence-electron chi connectivity index (χ3n) is 6.56. The fraction of sp³-hybridized carbons (Fsp3) is 0.231. The van der Waals surface area contributed by atoms with Crippen LogP contribution in [0.5, 0.6) is 5.88 Å². The number of hydrogen-bond donors (Lipinski definition) is 4. The molecule has 0 spiro atoms. The molecule has 2 aliphatic heterocycles. The topological polar surface area (TPSA) is 124 Å². The molecular formula is C26H24ClN7O3S. The first-order valence-corrected chi connectivity index (χ1v) is 13.4. The van der Waals surface area contributed by atoms with Crippen LogP contribution in [0.1, 0.15) is 29.6 Å². The van der Waals surface area contributed by atoms with Crippen LogP contribution in [0.4, 0.5) is 17.2 Å². The van der Waals surface area contributed by atoms with Crippen molar-refractivity contribution in [3.63, 3.8) is 0 Å². The van der Waals surface area contributed by atoms with Crippen LogP contribution in [-0.4, -0.2) is 49.7 Å². The van der Waals surface area contributed by atoms with E-state index in [1.807, 2.05) is 18.2 Å². The van der Waals surface area contributed by atoms with Crippen molar-refractivity contribution in [2.45, 2.75) is 35.5 Å². The molecule has 12 heteroatoms. The fourth-order valence-electron chi connectivity index (χ4n) is 4.66. The minimum atomic E-state index is -0.808. The molecule has 5 heterocycles. The maximum absolute atomic E-state index is 13.0. The Labute approximate surface area is 227 Å². The molecule has 0 saturated carbocycles. The third kappa shape index (κ3) is 4.64. The number of aromatic nitrogens is 3. The maximum Gasteiger partial charge on any atom is 0.274 e. The maximum atomic E-state index is 13.0. The van der Waals surface area contributed by atoms with Gasteiger partial charge in [-0.15, -0.1) is 0 Å². The molecule has 38 heavy (non-hydrogen) atoms. The number of carbonyl (C=O) groups excluding carboxylic acids is 1. The van der Waals surface area contributed by atoms with Gasteiger partial charge in [-0.3, -0.25) is 18.9 Å². The van der Waals surface area contributed by atoms with Crippen molar-refractivity contribution in [1.82, 2.24) is 19.3 Å². The first-order valence-electron chi connectivity index (χ1n) is 12.2. The molecule has 2 aliphatic rings. The predicted octanol–water partition coefficient (Wildman–Crippen LogP) is 4.46.